The Bertz CT molecular complexity index is 1300. The highest BCUT2D eigenvalue weighted by Gasteiger charge is 2.33. The van der Waals surface area contributed by atoms with Crippen molar-refractivity contribution in [2.75, 3.05) is 26.8 Å². The van der Waals surface area contributed by atoms with Crippen molar-refractivity contribution in [3.05, 3.63) is 90.3 Å². The number of imidazole rings is 1. The first-order valence-electron chi connectivity index (χ1n) is 12.8. The van der Waals surface area contributed by atoms with Gasteiger partial charge in [0.2, 0.25) is 5.91 Å². The Labute approximate surface area is 212 Å². The van der Waals surface area contributed by atoms with Gasteiger partial charge in [0.25, 0.3) is 0 Å². The van der Waals surface area contributed by atoms with Gasteiger partial charge in [0.15, 0.2) is 11.5 Å². The Hall–Kier alpha value is -3.80. The zero-order chi connectivity index (χ0) is 24.7. The van der Waals surface area contributed by atoms with Gasteiger partial charge in [-0.2, -0.15) is 0 Å². The van der Waals surface area contributed by atoms with Crippen LogP contribution in [-0.2, 0) is 17.8 Å². The van der Waals surface area contributed by atoms with Crippen molar-refractivity contribution >= 4 is 16.9 Å². The van der Waals surface area contributed by atoms with E-state index in [9.17, 15) is 4.79 Å². The van der Waals surface area contributed by atoms with E-state index in [1.165, 1.54) is 5.56 Å². The molecule has 0 radical (unpaired) electrons. The third kappa shape index (κ3) is 5.38. The second-order valence-corrected chi connectivity index (χ2v) is 9.29. The molecule has 1 amide bonds. The van der Waals surface area contributed by atoms with Crippen molar-refractivity contribution in [2.24, 2.45) is 0 Å². The van der Waals surface area contributed by atoms with Crippen molar-refractivity contribution in [2.45, 2.75) is 38.1 Å². The molecule has 1 saturated heterocycles. The highest BCUT2D eigenvalue weighted by atomic mass is 16.5. The van der Waals surface area contributed by atoms with Crippen molar-refractivity contribution < 1.29 is 14.3 Å². The highest BCUT2D eigenvalue weighted by Crippen LogP contribution is 2.31. The number of hydrogen-bond acceptors (Lipinski definition) is 4. The van der Waals surface area contributed by atoms with Gasteiger partial charge < -0.3 is 18.9 Å². The second kappa shape index (κ2) is 11.3. The molecule has 1 aliphatic heterocycles. The molecular formula is C30H33N3O3. The minimum atomic E-state index is 0.116. The molecule has 1 atom stereocenters. The number of likely N-dealkylation sites (tertiary alicyclic amines) is 1. The third-order valence-corrected chi connectivity index (χ3v) is 6.88. The number of carbonyl (C=O) groups excluding carboxylic acids is 1. The summed E-state index contributed by atoms with van der Waals surface area (Å²) in [6.45, 7) is 2.95. The molecular weight excluding hydrogens is 450 g/mol. The van der Waals surface area contributed by atoms with E-state index in [2.05, 4.69) is 34.9 Å². The molecule has 0 spiro atoms. The van der Waals surface area contributed by atoms with Crippen LogP contribution in [0.2, 0.25) is 0 Å². The van der Waals surface area contributed by atoms with Crippen molar-refractivity contribution in [3.8, 4) is 11.5 Å². The number of amides is 1. The number of aryl methyl sites for hydroxylation is 1. The molecule has 0 saturated carbocycles. The minimum Gasteiger partial charge on any atom is -0.493 e. The predicted molar refractivity (Wildman–Crippen MR) is 142 cm³/mol. The van der Waals surface area contributed by atoms with Gasteiger partial charge in [0.05, 0.1) is 24.8 Å². The van der Waals surface area contributed by atoms with Crippen LogP contribution >= 0.6 is 0 Å². The Balaban J connectivity index is 1.23. The van der Waals surface area contributed by atoms with Crippen LogP contribution in [0.4, 0.5) is 0 Å². The first-order valence-corrected chi connectivity index (χ1v) is 12.8. The average molecular weight is 484 g/mol. The lowest BCUT2D eigenvalue weighted by molar-refractivity contribution is -0.127. The molecule has 5 rings (SSSR count). The summed E-state index contributed by atoms with van der Waals surface area (Å²) < 4.78 is 13.6. The van der Waals surface area contributed by atoms with Crippen LogP contribution in [0.15, 0.2) is 78.9 Å². The molecule has 3 aromatic carbocycles. The van der Waals surface area contributed by atoms with E-state index in [1.807, 2.05) is 53.4 Å². The van der Waals surface area contributed by atoms with Gasteiger partial charge in [-0.05, 0) is 49.1 Å². The monoisotopic (exact) mass is 483 g/mol. The number of carbonyl (C=O) groups is 1. The summed E-state index contributed by atoms with van der Waals surface area (Å²) in [5.74, 6) is 2.89. The molecule has 4 aromatic rings. The SMILES string of the molecule is COc1ccccc1OCCCCn1c(C2CC(=O)N(CCc3ccccc3)C2)nc2ccccc21. The number of nitrogens with zero attached hydrogens (tertiary/aromatic N) is 3. The minimum absolute atomic E-state index is 0.116. The van der Waals surface area contributed by atoms with Gasteiger partial charge in [-0.3, -0.25) is 4.79 Å². The maximum absolute atomic E-state index is 12.9. The van der Waals surface area contributed by atoms with Gasteiger partial charge in [0, 0.05) is 32.0 Å². The summed E-state index contributed by atoms with van der Waals surface area (Å²) in [4.78, 5) is 19.8. The second-order valence-electron chi connectivity index (χ2n) is 9.29. The molecule has 6 heteroatoms. The van der Waals surface area contributed by atoms with E-state index in [1.54, 1.807) is 7.11 Å². The number of para-hydroxylation sites is 4. The fraction of sp³-hybridized carbons (Fsp3) is 0.333. The Morgan fingerprint density at radius 3 is 2.47 bits per heavy atom. The number of fused-ring (bicyclic) bond motifs is 1. The molecule has 0 bridgehead atoms. The smallest absolute Gasteiger partial charge is 0.223 e. The van der Waals surface area contributed by atoms with Gasteiger partial charge in [-0.15, -0.1) is 0 Å². The van der Waals surface area contributed by atoms with Gasteiger partial charge in [-0.1, -0.05) is 54.6 Å². The van der Waals surface area contributed by atoms with Crippen molar-refractivity contribution in [3.63, 3.8) is 0 Å². The number of benzene rings is 3. The molecule has 1 unspecified atom stereocenters. The summed E-state index contributed by atoms with van der Waals surface area (Å²) >= 11 is 0. The standard InChI is InChI=1S/C30H33N3O3/c1-35-27-15-7-8-16-28(27)36-20-10-9-18-33-26-14-6-5-13-25(26)31-30(33)24-21-29(34)32(22-24)19-17-23-11-3-2-4-12-23/h2-8,11-16,24H,9-10,17-22H2,1H3. The molecule has 0 aliphatic carbocycles. The molecule has 36 heavy (non-hydrogen) atoms. The van der Waals surface area contributed by atoms with Crippen LogP contribution in [-0.4, -0.2) is 47.2 Å². The maximum Gasteiger partial charge on any atom is 0.223 e. The predicted octanol–water partition coefficient (Wildman–Crippen LogP) is 5.46. The lowest BCUT2D eigenvalue weighted by atomic mass is 10.1. The fourth-order valence-electron chi connectivity index (χ4n) is 5.00. The van der Waals surface area contributed by atoms with Crippen LogP contribution in [0.25, 0.3) is 11.0 Å². The fourth-order valence-corrected chi connectivity index (χ4v) is 5.00. The van der Waals surface area contributed by atoms with Crippen LogP contribution in [0, 0.1) is 0 Å². The quantitative estimate of drug-likeness (QED) is 0.266. The van der Waals surface area contributed by atoms with Gasteiger partial charge >= 0.3 is 0 Å². The van der Waals surface area contributed by atoms with E-state index >= 15 is 0 Å². The molecule has 6 nitrogen and oxygen atoms in total. The highest BCUT2D eigenvalue weighted by molar-refractivity contribution is 5.81. The van der Waals surface area contributed by atoms with Crippen LogP contribution in [0.3, 0.4) is 0 Å². The topological polar surface area (TPSA) is 56.6 Å². The normalized spacial score (nSPS) is 15.5. The number of ether oxygens (including phenoxy) is 2. The van der Waals surface area contributed by atoms with Crippen LogP contribution < -0.4 is 9.47 Å². The van der Waals surface area contributed by atoms with E-state index in [4.69, 9.17) is 14.5 Å². The molecule has 0 N–H and O–H groups in total. The first-order chi connectivity index (χ1) is 17.7. The largest absolute Gasteiger partial charge is 0.493 e. The molecule has 1 aromatic heterocycles. The van der Waals surface area contributed by atoms with Crippen LogP contribution in [0.5, 0.6) is 11.5 Å². The van der Waals surface area contributed by atoms with E-state index in [0.29, 0.717) is 13.0 Å². The number of methoxy groups -OCH3 is 1. The molecule has 1 fully saturated rings. The van der Waals surface area contributed by atoms with E-state index in [0.717, 1.165) is 67.3 Å². The van der Waals surface area contributed by atoms with Gasteiger partial charge in [0.1, 0.15) is 5.82 Å². The molecule has 2 heterocycles. The Morgan fingerprint density at radius 1 is 0.889 bits per heavy atom. The summed E-state index contributed by atoms with van der Waals surface area (Å²) in [7, 11) is 1.66. The number of rotatable bonds is 11. The zero-order valence-corrected chi connectivity index (χ0v) is 20.8. The van der Waals surface area contributed by atoms with E-state index in [-0.39, 0.29) is 11.8 Å². The Kier molecular flexibility index (Phi) is 7.50. The van der Waals surface area contributed by atoms with Crippen LogP contribution in [0.1, 0.15) is 36.6 Å². The summed E-state index contributed by atoms with van der Waals surface area (Å²) in [5, 5.41) is 0. The maximum atomic E-state index is 12.9. The molecule has 186 valence electrons. The van der Waals surface area contributed by atoms with Crippen molar-refractivity contribution in [1.82, 2.24) is 14.5 Å². The first kappa shape index (κ1) is 23.9. The van der Waals surface area contributed by atoms with E-state index < -0.39 is 0 Å². The van der Waals surface area contributed by atoms with Gasteiger partial charge in [-0.25, -0.2) is 4.98 Å². The summed E-state index contributed by atoms with van der Waals surface area (Å²) in [6.07, 6.45) is 3.27. The number of aromatic nitrogens is 2. The lowest BCUT2D eigenvalue weighted by Crippen LogP contribution is -2.27. The third-order valence-electron chi connectivity index (χ3n) is 6.88. The summed E-state index contributed by atoms with van der Waals surface area (Å²) in [6, 6.07) is 26.4. The molecule has 1 aliphatic rings. The van der Waals surface area contributed by atoms with Crippen molar-refractivity contribution in [1.29, 1.82) is 0 Å². The average Bonchev–Trinajstić information content (AvgIpc) is 3.48. The number of unbranched alkanes of at least 4 members (excludes halogenated alkanes) is 1. The summed E-state index contributed by atoms with van der Waals surface area (Å²) in [5.41, 5.74) is 3.39. The number of hydrogen-bond donors (Lipinski definition) is 0. The lowest BCUT2D eigenvalue weighted by Gasteiger charge is -2.17. The Morgan fingerprint density at radius 2 is 1.64 bits per heavy atom. The zero-order valence-electron chi connectivity index (χ0n) is 20.8.